The third kappa shape index (κ3) is 3.33. The highest BCUT2D eigenvalue weighted by Crippen LogP contribution is 2.32. The van der Waals surface area contributed by atoms with Crippen molar-refractivity contribution in [1.29, 1.82) is 0 Å². The predicted octanol–water partition coefficient (Wildman–Crippen LogP) is 3.64. The van der Waals surface area contributed by atoms with Crippen LogP contribution in [0, 0.1) is 0 Å². The van der Waals surface area contributed by atoms with E-state index in [1.807, 2.05) is 27.7 Å². The van der Waals surface area contributed by atoms with Crippen LogP contribution in [0.15, 0.2) is 0 Å². The molecule has 0 saturated carbocycles. The number of aromatic nitrogens is 2. The molecule has 0 fully saturated rings. The fourth-order valence-electron chi connectivity index (χ4n) is 2.14. The van der Waals surface area contributed by atoms with Gasteiger partial charge < -0.3 is 9.64 Å². The van der Waals surface area contributed by atoms with Crippen LogP contribution in [0.3, 0.4) is 0 Å². The van der Waals surface area contributed by atoms with Gasteiger partial charge in [-0.15, -0.1) is 0 Å². The molecule has 0 radical (unpaired) electrons. The minimum atomic E-state index is -0.527. The second kappa shape index (κ2) is 5.37. The Balaban J connectivity index is 2.25. The third-order valence-corrected chi connectivity index (χ3v) is 3.40. The maximum absolute atomic E-state index is 12.1. The number of carbonyl (C=O) groups is 1. The lowest BCUT2D eigenvalue weighted by molar-refractivity contribution is 0.0207. The molecule has 0 aliphatic carbocycles. The third-order valence-electron chi connectivity index (χ3n) is 2.92. The first-order valence-corrected chi connectivity index (χ1v) is 7.12. The van der Waals surface area contributed by atoms with Gasteiger partial charge in [0, 0.05) is 18.0 Å². The monoisotopic (exact) mass is 317 g/mol. The Morgan fingerprint density at radius 3 is 2.60 bits per heavy atom. The first-order chi connectivity index (χ1) is 9.17. The molecule has 1 aromatic heterocycles. The lowest BCUT2D eigenvalue weighted by Gasteiger charge is -2.33. The van der Waals surface area contributed by atoms with Crippen molar-refractivity contribution >= 4 is 29.3 Å². The fourth-order valence-corrected chi connectivity index (χ4v) is 2.59. The highest BCUT2D eigenvalue weighted by atomic mass is 35.5. The normalized spacial score (nSPS) is 18.7. The van der Waals surface area contributed by atoms with Crippen LogP contribution in [-0.2, 0) is 11.3 Å². The molecule has 5 nitrogen and oxygen atoms in total. The molecule has 7 heteroatoms. The molecule has 20 heavy (non-hydrogen) atoms. The summed E-state index contributed by atoms with van der Waals surface area (Å²) in [7, 11) is 0. The SMILES string of the molecule is CC1CN(C(=O)OC(C)(C)C)Cc2c(Cl)nc(Cl)nc21. The van der Waals surface area contributed by atoms with Gasteiger partial charge in [-0.25, -0.2) is 14.8 Å². The smallest absolute Gasteiger partial charge is 0.410 e. The molecular weight excluding hydrogens is 301 g/mol. The van der Waals surface area contributed by atoms with Crippen molar-refractivity contribution in [2.75, 3.05) is 6.54 Å². The minimum absolute atomic E-state index is 0.0317. The predicted molar refractivity (Wildman–Crippen MR) is 77.1 cm³/mol. The van der Waals surface area contributed by atoms with Crippen LogP contribution in [-0.4, -0.2) is 33.1 Å². The molecular formula is C13H17Cl2N3O2. The summed E-state index contributed by atoms with van der Waals surface area (Å²) in [6.45, 7) is 8.33. The summed E-state index contributed by atoms with van der Waals surface area (Å²) < 4.78 is 5.38. The van der Waals surface area contributed by atoms with Crippen molar-refractivity contribution in [3.63, 3.8) is 0 Å². The summed E-state index contributed by atoms with van der Waals surface area (Å²) >= 11 is 11.9. The van der Waals surface area contributed by atoms with Crippen molar-refractivity contribution in [2.45, 2.75) is 45.8 Å². The van der Waals surface area contributed by atoms with Crippen molar-refractivity contribution in [1.82, 2.24) is 14.9 Å². The Labute approximate surface area is 128 Å². The van der Waals surface area contributed by atoms with E-state index >= 15 is 0 Å². The molecule has 1 atom stereocenters. The zero-order chi connectivity index (χ0) is 15.1. The van der Waals surface area contributed by atoms with Crippen molar-refractivity contribution in [3.8, 4) is 0 Å². The molecule has 1 amide bonds. The number of rotatable bonds is 0. The van der Waals surface area contributed by atoms with E-state index in [1.54, 1.807) is 4.90 Å². The van der Waals surface area contributed by atoms with E-state index in [0.717, 1.165) is 11.3 Å². The number of ether oxygens (including phenoxy) is 1. The average molecular weight is 318 g/mol. The van der Waals surface area contributed by atoms with Crippen LogP contribution in [0.25, 0.3) is 0 Å². The van der Waals surface area contributed by atoms with E-state index < -0.39 is 5.60 Å². The first-order valence-electron chi connectivity index (χ1n) is 6.37. The van der Waals surface area contributed by atoms with E-state index in [2.05, 4.69) is 9.97 Å². The highest BCUT2D eigenvalue weighted by Gasteiger charge is 2.31. The van der Waals surface area contributed by atoms with Gasteiger partial charge in [-0.1, -0.05) is 18.5 Å². The molecule has 1 aliphatic rings. The van der Waals surface area contributed by atoms with E-state index in [9.17, 15) is 4.79 Å². The largest absolute Gasteiger partial charge is 0.444 e. The molecule has 1 unspecified atom stereocenters. The maximum atomic E-state index is 12.1. The standard InChI is InChI=1S/C13H17Cl2N3O2/c1-7-5-18(12(19)20-13(2,3)4)6-8-9(7)16-11(15)17-10(8)14/h7H,5-6H2,1-4H3. The second-order valence-corrected chi connectivity index (χ2v) is 6.61. The van der Waals surface area contributed by atoms with Crippen molar-refractivity contribution in [3.05, 3.63) is 21.7 Å². The zero-order valence-electron chi connectivity index (χ0n) is 11.9. The van der Waals surface area contributed by atoms with E-state index in [-0.39, 0.29) is 17.3 Å². The Hall–Kier alpha value is -1.07. The fraction of sp³-hybridized carbons (Fsp3) is 0.615. The maximum Gasteiger partial charge on any atom is 0.410 e. The minimum Gasteiger partial charge on any atom is -0.444 e. The molecule has 2 heterocycles. The summed E-state index contributed by atoms with van der Waals surface area (Å²) in [4.78, 5) is 21.9. The number of hydrogen-bond acceptors (Lipinski definition) is 4. The summed E-state index contributed by atoms with van der Waals surface area (Å²) in [5.41, 5.74) is 1.01. The lowest BCUT2D eigenvalue weighted by Crippen LogP contribution is -2.41. The van der Waals surface area contributed by atoms with Crippen LogP contribution < -0.4 is 0 Å². The second-order valence-electron chi connectivity index (χ2n) is 5.91. The van der Waals surface area contributed by atoms with Crippen LogP contribution in [0.2, 0.25) is 10.4 Å². The molecule has 0 saturated heterocycles. The van der Waals surface area contributed by atoms with Gasteiger partial charge in [-0.2, -0.15) is 0 Å². The molecule has 2 rings (SSSR count). The number of halogens is 2. The summed E-state index contributed by atoms with van der Waals surface area (Å²) in [5, 5.41) is 0.423. The summed E-state index contributed by atoms with van der Waals surface area (Å²) in [5.74, 6) is 0.0317. The molecule has 1 aliphatic heterocycles. The van der Waals surface area contributed by atoms with Crippen LogP contribution in [0.5, 0.6) is 0 Å². The molecule has 110 valence electrons. The van der Waals surface area contributed by atoms with Crippen molar-refractivity contribution < 1.29 is 9.53 Å². The molecule has 1 aromatic rings. The van der Waals surface area contributed by atoms with Gasteiger partial charge in [0.05, 0.1) is 12.2 Å². The molecule has 0 N–H and O–H groups in total. The quantitative estimate of drug-likeness (QED) is 0.541. The van der Waals surface area contributed by atoms with E-state index in [0.29, 0.717) is 18.2 Å². The summed E-state index contributed by atoms with van der Waals surface area (Å²) in [6, 6.07) is 0. The lowest BCUT2D eigenvalue weighted by atomic mass is 9.98. The van der Waals surface area contributed by atoms with Crippen molar-refractivity contribution in [2.24, 2.45) is 0 Å². The average Bonchev–Trinajstić information content (AvgIpc) is 2.27. The number of carbonyl (C=O) groups excluding carboxylic acids is 1. The van der Waals surface area contributed by atoms with Gasteiger partial charge >= 0.3 is 6.09 Å². The van der Waals surface area contributed by atoms with E-state index in [1.165, 1.54) is 0 Å². The topological polar surface area (TPSA) is 55.3 Å². The molecule has 0 bridgehead atoms. The van der Waals surface area contributed by atoms with Crippen LogP contribution in [0.4, 0.5) is 4.79 Å². The first kappa shape index (κ1) is 15.3. The number of nitrogens with zero attached hydrogens (tertiary/aromatic N) is 3. The molecule has 0 aromatic carbocycles. The van der Waals surface area contributed by atoms with Crippen LogP contribution >= 0.6 is 23.2 Å². The van der Waals surface area contributed by atoms with Gasteiger partial charge in [-0.05, 0) is 32.4 Å². The van der Waals surface area contributed by atoms with Gasteiger partial charge in [0.15, 0.2) is 0 Å². The Morgan fingerprint density at radius 2 is 2.00 bits per heavy atom. The van der Waals surface area contributed by atoms with Gasteiger partial charge in [0.2, 0.25) is 5.28 Å². The molecule has 0 spiro atoms. The van der Waals surface area contributed by atoms with Gasteiger partial charge in [0.1, 0.15) is 10.8 Å². The number of amides is 1. The number of fused-ring (bicyclic) bond motifs is 1. The zero-order valence-corrected chi connectivity index (χ0v) is 13.4. The summed E-state index contributed by atoms with van der Waals surface area (Å²) in [6.07, 6.45) is -0.360. The Bertz CT molecular complexity index is 543. The van der Waals surface area contributed by atoms with Gasteiger partial charge in [0.25, 0.3) is 0 Å². The van der Waals surface area contributed by atoms with Gasteiger partial charge in [-0.3, -0.25) is 0 Å². The highest BCUT2D eigenvalue weighted by molar-refractivity contribution is 6.32. The Morgan fingerprint density at radius 1 is 1.35 bits per heavy atom. The number of hydrogen-bond donors (Lipinski definition) is 0. The van der Waals surface area contributed by atoms with E-state index in [4.69, 9.17) is 27.9 Å². The van der Waals surface area contributed by atoms with Crippen LogP contribution in [0.1, 0.15) is 44.9 Å². The Kier molecular flexibility index (Phi) is 4.12.